The second-order valence-electron chi connectivity index (χ2n) is 6.70. The van der Waals surface area contributed by atoms with E-state index in [0.29, 0.717) is 18.8 Å². The molecule has 3 rings (SSSR count). The van der Waals surface area contributed by atoms with Crippen LogP contribution in [0.5, 0.6) is 5.75 Å². The number of benzene rings is 2. The van der Waals surface area contributed by atoms with E-state index in [-0.39, 0.29) is 30.5 Å². The minimum atomic E-state index is -3.52. The summed E-state index contributed by atoms with van der Waals surface area (Å²) in [4.78, 5) is 14.3. The number of carbonyl (C=O) groups excluding carboxylic acids is 1. The van der Waals surface area contributed by atoms with Gasteiger partial charge in [-0.1, -0.05) is 35.4 Å². The summed E-state index contributed by atoms with van der Waals surface area (Å²) in [7, 11) is -3.52. The fraction of sp³-hybridized carbons (Fsp3) is 0.350. The minimum absolute atomic E-state index is 0.0478. The number of amides is 1. The third-order valence-corrected chi connectivity index (χ3v) is 6.55. The van der Waals surface area contributed by atoms with Gasteiger partial charge in [0.2, 0.25) is 10.0 Å². The monoisotopic (exact) mass is 388 g/mol. The third-order valence-electron chi connectivity index (χ3n) is 4.63. The molecule has 1 amide bonds. The fourth-order valence-electron chi connectivity index (χ4n) is 2.91. The van der Waals surface area contributed by atoms with Gasteiger partial charge in [-0.25, -0.2) is 8.42 Å². The SMILES string of the molecule is Cc1ccc(OCC(=O)N2CCN(S(=O)(=O)c3ccc(C)cc3)CC2)cc1. The Morgan fingerprint density at radius 3 is 1.96 bits per heavy atom. The quantitative estimate of drug-likeness (QED) is 0.788. The number of aryl methyl sites for hydroxylation is 2. The molecule has 1 heterocycles. The third kappa shape index (κ3) is 4.67. The first kappa shape index (κ1) is 19.4. The second-order valence-corrected chi connectivity index (χ2v) is 8.64. The summed E-state index contributed by atoms with van der Waals surface area (Å²) in [5.74, 6) is 0.512. The maximum Gasteiger partial charge on any atom is 0.260 e. The number of sulfonamides is 1. The van der Waals surface area contributed by atoms with Gasteiger partial charge in [-0.2, -0.15) is 4.31 Å². The lowest BCUT2D eigenvalue weighted by Crippen LogP contribution is -2.51. The summed E-state index contributed by atoms with van der Waals surface area (Å²) in [5.41, 5.74) is 2.14. The molecule has 144 valence electrons. The summed E-state index contributed by atoms with van der Waals surface area (Å²) in [6.07, 6.45) is 0. The van der Waals surface area contributed by atoms with Gasteiger partial charge in [0.25, 0.3) is 5.91 Å². The summed E-state index contributed by atoms with van der Waals surface area (Å²) < 4.78 is 32.4. The maximum atomic E-state index is 12.7. The lowest BCUT2D eigenvalue weighted by atomic mass is 10.2. The van der Waals surface area contributed by atoms with Crippen LogP contribution in [0.4, 0.5) is 0 Å². The van der Waals surface area contributed by atoms with E-state index >= 15 is 0 Å². The molecule has 1 fully saturated rings. The second kappa shape index (κ2) is 8.10. The summed E-state index contributed by atoms with van der Waals surface area (Å²) in [5, 5.41) is 0. The van der Waals surface area contributed by atoms with E-state index in [1.807, 2.05) is 38.1 Å². The molecular weight excluding hydrogens is 364 g/mol. The molecule has 1 aliphatic rings. The molecule has 6 nitrogen and oxygen atoms in total. The van der Waals surface area contributed by atoms with Crippen LogP contribution in [0.25, 0.3) is 0 Å². The Morgan fingerprint density at radius 2 is 1.41 bits per heavy atom. The highest BCUT2D eigenvalue weighted by Gasteiger charge is 2.30. The Morgan fingerprint density at radius 1 is 0.889 bits per heavy atom. The standard InChI is InChI=1S/C20H24N2O4S/c1-16-3-7-18(8-4-16)26-15-20(23)21-11-13-22(14-12-21)27(24,25)19-9-5-17(2)6-10-19/h3-10H,11-15H2,1-2H3. The van der Waals surface area contributed by atoms with E-state index < -0.39 is 10.0 Å². The lowest BCUT2D eigenvalue weighted by Gasteiger charge is -2.34. The number of piperazine rings is 1. The van der Waals surface area contributed by atoms with Crippen molar-refractivity contribution in [1.82, 2.24) is 9.21 Å². The molecule has 0 saturated carbocycles. The maximum absolute atomic E-state index is 12.7. The molecule has 0 unspecified atom stereocenters. The highest BCUT2D eigenvalue weighted by molar-refractivity contribution is 7.89. The van der Waals surface area contributed by atoms with Gasteiger partial charge in [0.05, 0.1) is 4.90 Å². The molecule has 0 radical (unpaired) electrons. The molecule has 27 heavy (non-hydrogen) atoms. The Hall–Kier alpha value is -2.38. The smallest absolute Gasteiger partial charge is 0.260 e. The number of nitrogens with zero attached hydrogens (tertiary/aromatic N) is 2. The van der Waals surface area contributed by atoms with Crippen LogP contribution < -0.4 is 4.74 Å². The zero-order chi connectivity index (χ0) is 19.4. The van der Waals surface area contributed by atoms with Gasteiger partial charge in [0.15, 0.2) is 6.61 Å². The predicted molar refractivity (Wildman–Crippen MR) is 103 cm³/mol. The van der Waals surface area contributed by atoms with Crippen LogP contribution in [-0.4, -0.2) is 56.3 Å². The average Bonchev–Trinajstić information content (AvgIpc) is 2.68. The normalized spacial score (nSPS) is 15.6. The van der Waals surface area contributed by atoms with Crippen LogP contribution in [0.3, 0.4) is 0 Å². The van der Waals surface area contributed by atoms with E-state index in [0.717, 1.165) is 11.1 Å². The van der Waals surface area contributed by atoms with Crippen LogP contribution in [0.1, 0.15) is 11.1 Å². The van der Waals surface area contributed by atoms with Crippen molar-refractivity contribution in [3.63, 3.8) is 0 Å². The largest absolute Gasteiger partial charge is 0.484 e. The average molecular weight is 388 g/mol. The van der Waals surface area contributed by atoms with Gasteiger partial charge in [-0.05, 0) is 38.1 Å². The van der Waals surface area contributed by atoms with Crippen molar-refractivity contribution in [3.05, 3.63) is 59.7 Å². The van der Waals surface area contributed by atoms with Crippen LogP contribution in [-0.2, 0) is 14.8 Å². The summed E-state index contributed by atoms with van der Waals surface area (Å²) in [6.45, 7) is 5.15. The Balaban J connectivity index is 1.54. The molecule has 0 aliphatic carbocycles. The summed E-state index contributed by atoms with van der Waals surface area (Å²) >= 11 is 0. The number of rotatable bonds is 5. The van der Waals surface area contributed by atoms with Crippen molar-refractivity contribution in [3.8, 4) is 5.75 Å². The van der Waals surface area contributed by atoms with Crippen molar-refractivity contribution in [2.45, 2.75) is 18.7 Å². The van der Waals surface area contributed by atoms with Crippen LogP contribution in [0.15, 0.2) is 53.4 Å². The first-order valence-corrected chi connectivity index (χ1v) is 10.3. The molecule has 0 N–H and O–H groups in total. The summed E-state index contributed by atoms with van der Waals surface area (Å²) in [6, 6.07) is 14.3. The van der Waals surface area contributed by atoms with E-state index in [9.17, 15) is 13.2 Å². The first-order valence-electron chi connectivity index (χ1n) is 8.90. The van der Waals surface area contributed by atoms with Gasteiger partial charge in [0, 0.05) is 26.2 Å². The highest BCUT2D eigenvalue weighted by Crippen LogP contribution is 2.18. The van der Waals surface area contributed by atoms with Gasteiger partial charge in [-0.15, -0.1) is 0 Å². The molecule has 0 bridgehead atoms. The Bertz CT molecular complexity index is 885. The van der Waals surface area contributed by atoms with Crippen LogP contribution >= 0.6 is 0 Å². The molecule has 1 aliphatic heterocycles. The molecule has 2 aromatic rings. The number of carbonyl (C=O) groups is 1. The van der Waals surface area contributed by atoms with Crippen molar-refractivity contribution < 1.29 is 17.9 Å². The minimum Gasteiger partial charge on any atom is -0.484 e. The molecule has 1 saturated heterocycles. The van der Waals surface area contributed by atoms with E-state index in [1.165, 1.54) is 4.31 Å². The van der Waals surface area contributed by atoms with Crippen LogP contribution in [0, 0.1) is 13.8 Å². The van der Waals surface area contributed by atoms with Crippen LogP contribution in [0.2, 0.25) is 0 Å². The van der Waals surface area contributed by atoms with E-state index in [1.54, 1.807) is 29.2 Å². The molecule has 2 aromatic carbocycles. The van der Waals surface area contributed by atoms with Gasteiger partial charge >= 0.3 is 0 Å². The first-order chi connectivity index (χ1) is 12.9. The van der Waals surface area contributed by atoms with Crippen molar-refractivity contribution in [2.75, 3.05) is 32.8 Å². The molecule has 7 heteroatoms. The molecule has 0 aromatic heterocycles. The fourth-order valence-corrected chi connectivity index (χ4v) is 4.33. The van der Waals surface area contributed by atoms with Crippen molar-refractivity contribution in [2.24, 2.45) is 0 Å². The molecule has 0 spiro atoms. The zero-order valence-corrected chi connectivity index (χ0v) is 16.4. The number of ether oxygens (including phenoxy) is 1. The highest BCUT2D eigenvalue weighted by atomic mass is 32.2. The van der Waals surface area contributed by atoms with Crippen molar-refractivity contribution >= 4 is 15.9 Å². The lowest BCUT2D eigenvalue weighted by molar-refractivity contribution is -0.134. The Kier molecular flexibility index (Phi) is 5.82. The molecule has 0 atom stereocenters. The van der Waals surface area contributed by atoms with Gasteiger partial charge in [0.1, 0.15) is 5.75 Å². The van der Waals surface area contributed by atoms with E-state index in [2.05, 4.69) is 0 Å². The van der Waals surface area contributed by atoms with Gasteiger partial charge in [-0.3, -0.25) is 4.79 Å². The Labute approximate surface area is 160 Å². The predicted octanol–water partition coefficient (Wildman–Crippen LogP) is 2.22. The van der Waals surface area contributed by atoms with Gasteiger partial charge < -0.3 is 9.64 Å². The number of hydrogen-bond donors (Lipinski definition) is 0. The zero-order valence-electron chi connectivity index (χ0n) is 15.6. The van der Waals surface area contributed by atoms with Crippen molar-refractivity contribution in [1.29, 1.82) is 0 Å². The number of hydrogen-bond acceptors (Lipinski definition) is 4. The molecular formula is C20H24N2O4S. The topological polar surface area (TPSA) is 66.9 Å². The van der Waals surface area contributed by atoms with E-state index in [4.69, 9.17) is 4.74 Å².